The van der Waals surface area contributed by atoms with Crippen molar-refractivity contribution in [1.82, 2.24) is 0 Å². The molecule has 11 aliphatic heterocycles. The first kappa shape index (κ1) is 51.4. The first-order valence-electron chi connectivity index (χ1n) is 26.7. The number of carbonyl (C=O) groups excluding carboxylic acids is 1. The molecule has 0 radical (unpaired) electrons. The second kappa shape index (κ2) is 19.1. The lowest BCUT2D eigenvalue weighted by Crippen LogP contribution is -2.70. The van der Waals surface area contributed by atoms with E-state index in [2.05, 4.69) is 46.8 Å². The monoisotopic (exact) mass is 1020 g/mol. The van der Waals surface area contributed by atoms with E-state index >= 15 is 0 Å². The van der Waals surface area contributed by atoms with Crippen molar-refractivity contribution >= 4 is 23.7 Å². The van der Waals surface area contributed by atoms with Gasteiger partial charge >= 0.3 is 11.9 Å². The Morgan fingerprint density at radius 2 is 1.52 bits per heavy atom. The van der Waals surface area contributed by atoms with Crippen LogP contribution in [0.15, 0.2) is 23.8 Å². The Balaban J connectivity index is 0.740. The molecule has 17 nitrogen and oxygen atoms in total. The third kappa shape index (κ3) is 9.43. The molecule has 71 heavy (non-hydrogen) atoms. The lowest BCUT2D eigenvalue weighted by atomic mass is 9.72. The van der Waals surface area contributed by atoms with E-state index in [1.54, 1.807) is 6.08 Å². The number of hydrogen-bond acceptors (Lipinski definition) is 17. The minimum Gasteiger partial charge on any atom is -0.480 e. The minimum atomic E-state index is -1.05. The molecule has 25 atom stereocenters. The van der Waals surface area contributed by atoms with Gasteiger partial charge in [-0.1, -0.05) is 19.1 Å². The molecule has 0 spiro atoms. The van der Waals surface area contributed by atoms with Gasteiger partial charge in [0.15, 0.2) is 0 Å². The molecular formula is C53H79NO16S. The standard InChI is InChI=1S/C53H79NO16S/c1-26-13-33-38(21-51(5)40(63-33)19-37-47(69-51)27(2)14-45(57)65-37)62-32-10-12-50(4)41(66-46(26)32)20-42-52(6,70-50)22-44-49(3,68-42)11-8-9-31-34(64-44)17-36-35(61-31)18-43-53(7,67-36)39(56)16-29(60-43)15-28(23-55)24-71-25-30(54)48(58)59/h8-9,14,26,28-44,46-47,55-56H,10-13,15-25,54H2,1-7H3,(H,58,59)/b9-8-/t26-,28?,29-,30?,31-,32+,33+,34+,35+,36-,37+,38-,39+,40-,41+,42-,43-,44-,46-,47-,49+,50-,51+,52+,53+/m1/s1. The summed E-state index contributed by atoms with van der Waals surface area (Å²) >= 11 is 1.40. The van der Waals surface area contributed by atoms with Crippen molar-refractivity contribution in [3.05, 3.63) is 23.8 Å². The summed E-state index contributed by atoms with van der Waals surface area (Å²) in [6, 6.07) is -0.962. The highest BCUT2D eigenvalue weighted by molar-refractivity contribution is 7.99. The van der Waals surface area contributed by atoms with Gasteiger partial charge < -0.3 is 73.2 Å². The number of carboxylic acid groups (broad SMARTS) is 1. The van der Waals surface area contributed by atoms with Crippen molar-refractivity contribution in [2.24, 2.45) is 17.6 Å². The van der Waals surface area contributed by atoms with Crippen LogP contribution in [-0.2, 0) is 61.7 Å². The molecule has 2 unspecified atom stereocenters. The van der Waals surface area contributed by atoms with Crippen LogP contribution in [0.2, 0.25) is 0 Å². The second-order valence-corrected chi connectivity index (χ2v) is 25.5. The van der Waals surface area contributed by atoms with Crippen molar-refractivity contribution in [3.63, 3.8) is 0 Å². The number of hydrogen-bond donors (Lipinski definition) is 4. The molecule has 5 N–H and O–H groups in total. The number of fused-ring (bicyclic) bond motifs is 10. The van der Waals surface area contributed by atoms with Gasteiger partial charge in [0.05, 0.1) is 108 Å². The maximum atomic E-state index is 12.3. The molecule has 11 aliphatic rings. The van der Waals surface area contributed by atoms with E-state index in [4.69, 9.17) is 62.9 Å². The largest absolute Gasteiger partial charge is 0.480 e. The number of aliphatic hydroxyl groups is 2. The molecule has 0 bridgehead atoms. The molecular weight excluding hydrogens is 939 g/mol. The van der Waals surface area contributed by atoms with Gasteiger partial charge in [-0.05, 0) is 96.8 Å². The van der Waals surface area contributed by atoms with Crippen LogP contribution in [-0.4, -0.2) is 183 Å². The van der Waals surface area contributed by atoms with Crippen LogP contribution in [0.3, 0.4) is 0 Å². The predicted molar refractivity (Wildman–Crippen MR) is 257 cm³/mol. The van der Waals surface area contributed by atoms with Crippen LogP contribution in [0, 0.1) is 11.8 Å². The van der Waals surface area contributed by atoms with Crippen LogP contribution in [0.4, 0.5) is 0 Å². The fraction of sp³-hybridized carbons (Fsp3) is 0.887. The van der Waals surface area contributed by atoms with Gasteiger partial charge in [0, 0.05) is 63.4 Å². The summed E-state index contributed by atoms with van der Waals surface area (Å²) in [4.78, 5) is 23.5. The summed E-state index contributed by atoms with van der Waals surface area (Å²) in [6.07, 6.45) is 8.39. The molecule has 0 aromatic rings. The van der Waals surface area contributed by atoms with Gasteiger partial charge in [-0.2, -0.15) is 11.8 Å². The number of carbonyl (C=O) groups is 2. The SMILES string of the molecule is CC1=CC(=O)O[C@H]2C[C@H]3O[C@H]4C[C@@H](C)[C@H]5O[C@H]6C[C@H]7O[C@@]8(C)C/C=C\[C@H]9O[C@H]%10C[C@H]%11O[C@H](CC(CO)CSCC(N)C(=O)O)C[C@H](O)[C@]%11(C)O[C@@H]%10C[C@@H]9O[C@@H]8C[C@]7(C)O[C@]6(C)CC[C@@H]5O[C@@H]4C[C@]3(C)O[C@H]12. The number of esters is 1. The van der Waals surface area contributed by atoms with Gasteiger partial charge in [-0.15, -0.1) is 0 Å². The van der Waals surface area contributed by atoms with Gasteiger partial charge in [0.25, 0.3) is 0 Å². The molecule has 11 heterocycles. The average molecular weight is 1020 g/mol. The first-order chi connectivity index (χ1) is 33.7. The van der Waals surface area contributed by atoms with Crippen molar-refractivity contribution in [3.8, 4) is 0 Å². The quantitative estimate of drug-likeness (QED) is 0.195. The molecule has 18 heteroatoms. The molecule has 398 valence electrons. The Labute approximate surface area is 422 Å². The number of aliphatic hydroxyl groups excluding tert-OH is 2. The van der Waals surface area contributed by atoms with Crippen LogP contribution in [0.1, 0.15) is 126 Å². The number of nitrogens with two attached hydrogens (primary N) is 1. The summed E-state index contributed by atoms with van der Waals surface area (Å²) in [5.41, 5.74) is 3.14. The Bertz CT molecular complexity index is 2080. The smallest absolute Gasteiger partial charge is 0.331 e. The summed E-state index contributed by atoms with van der Waals surface area (Å²) in [5, 5.41) is 31.0. The lowest BCUT2D eigenvalue weighted by Gasteiger charge is -2.60. The zero-order valence-electron chi connectivity index (χ0n) is 42.5. The summed E-state index contributed by atoms with van der Waals surface area (Å²) in [6.45, 7) is 14.7. The highest BCUT2D eigenvalue weighted by Gasteiger charge is 2.64. The van der Waals surface area contributed by atoms with E-state index in [-0.39, 0.29) is 122 Å². The van der Waals surface area contributed by atoms with E-state index < -0.39 is 52.2 Å². The van der Waals surface area contributed by atoms with Crippen LogP contribution < -0.4 is 5.73 Å². The van der Waals surface area contributed by atoms with Crippen molar-refractivity contribution in [2.75, 3.05) is 18.1 Å². The first-order valence-corrected chi connectivity index (χ1v) is 27.9. The van der Waals surface area contributed by atoms with E-state index in [0.29, 0.717) is 63.5 Å². The van der Waals surface area contributed by atoms with Gasteiger partial charge in [-0.3, -0.25) is 4.79 Å². The zero-order chi connectivity index (χ0) is 50.0. The summed E-state index contributed by atoms with van der Waals surface area (Å²) in [7, 11) is 0. The fourth-order valence-corrected chi connectivity index (χ4v) is 15.8. The van der Waals surface area contributed by atoms with Crippen LogP contribution in [0.5, 0.6) is 0 Å². The molecule has 0 aromatic carbocycles. The molecule has 0 saturated carbocycles. The highest BCUT2D eigenvalue weighted by atomic mass is 32.2. The Kier molecular flexibility index (Phi) is 13.8. The maximum absolute atomic E-state index is 12.3. The van der Waals surface area contributed by atoms with Crippen molar-refractivity contribution < 1.29 is 77.0 Å². The Morgan fingerprint density at radius 3 is 2.31 bits per heavy atom. The normalized spacial score (nSPS) is 53.5. The van der Waals surface area contributed by atoms with E-state index in [1.807, 2.05) is 13.8 Å². The number of rotatable bonds is 8. The summed E-state index contributed by atoms with van der Waals surface area (Å²) < 4.78 is 76.1. The number of ether oxygens (including phenoxy) is 11. The Hall–Kier alpha value is -1.75. The van der Waals surface area contributed by atoms with E-state index in [9.17, 15) is 19.8 Å². The molecule has 0 aliphatic carbocycles. The number of aliphatic carboxylic acids is 1. The average Bonchev–Trinajstić information content (AvgIpc) is 3.50. The Morgan fingerprint density at radius 1 is 0.761 bits per heavy atom. The van der Waals surface area contributed by atoms with Gasteiger partial charge in [0.1, 0.15) is 30.0 Å². The van der Waals surface area contributed by atoms with Gasteiger partial charge in [0.2, 0.25) is 0 Å². The molecule has 11 rings (SSSR count). The highest BCUT2D eigenvalue weighted by Crippen LogP contribution is 2.55. The zero-order valence-corrected chi connectivity index (χ0v) is 43.3. The van der Waals surface area contributed by atoms with Crippen LogP contribution >= 0.6 is 11.8 Å². The second-order valence-electron chi connectivity index (χ2n) is 24.5. The molecule has 0 amide bonds. The molecule has 0 aromatic heterocycles. The molecule has 9 fully saturated rings. The lowest BCUT2D eigenvalue weighted by molar-refractivity contribution is -0.356. The molecule has 9 saturated heterocycles. The van der Waals surface area contributed by atoms with Gasteiger partial charge in [-0.25, -0.2) is 4.79 Å². The fourth-order valence-electron chi connectivity index (χ4n) is 14.7. The third-order valence-corrected chi connectivity index (χ3v) is 20.2. The van der Waals surface area contributed by atoms with E-state index in [0.717, 1.165) is 24.8 Å². The van der Waals surface area contributed by atoms with Crippen molar-refractivity contribution in [1.29, 1.82) is 0 Å². The minimum absolute atomic E-state index is 0.0777. The van der Waals surface area contributed by atoms with Crippen LogP contribution in [0.25, 0.3) is 0 Å². The summed E-state index contributed by atoms with van der Waals surface area (Å²) in [5.74, 6) is -0.567. The van der Waals surface area contributed by atoms with Crippen molar-refractivity contribution in [2.45, 2.75) is 263 Å². The third-order valence-electron chi connectivity index (χ3n) is 18.9. The van der Waals surface area contributed by atoms with E-state index in [1.165, 1.54) is 11.8 Å². The number of thioether (sulfide) groups is 1. The predicted octanol–water partition coefficient (Wildman–Crippen LogP) is 4.47. The topological polar surface area (TPSA) is 222 Å². The maximum Gasteiger partial charge on any atom is 0.331 e. The number of carboxylic acids is 1.